The van der Waals surface area contributed by atoms with E-state index in [2.05, 4.69) is 5.32 Å². The van der Waals surface area contributed by atoms with Gasteiger partial charge in [-0.2, -0.15) is 0 Å². The van der Waals surface area contributed by atoms with E-state index in [0.717, 1.165) is 37.0 Å². The third kappa shape index (κ3) is 4.09. The summed E-state index contributed by atoms with van der Waals surface area (Å²) in [7, 11) is 0. The summed E-state index contributed by atoms with van der Waals surface area (Å²) in [5.41, 5.74) is -0.100. The Morgan fingerprint density at radius 2 is 1.67 bits per heavy atom. The molecule has 0 aliphatic heterocycles. The highest BCUT2D eigenvalue weighted by molar-refractivity contribution is 5.84. The van der Waals surface area contributed by atoms with Gasteiger partial charge in [0.15, 0.2) is 12.7 Å². The maximum Gasteiger partial charge on any atom is 0.344 e. The van der Waals surface area contributed by atoms with E-state index in [0.29, 0.717) is 5.75 Å². The van der Waals surface area contributed by atoms with Crippen molar-refractivity contribution >= 4 is 11.9 Å². The first-order valence-corrected chi connectivity index (χ1v) is 9.81. The lowest BCUT2D eigenvalue weighted by Crippen LogP contribution is -2.61. The molecule has 27 heavy (non-hydrogen) atoms. The highest BCUT2D eigenvalue weighted by Gasteiger charge is 2.51. The number of carbonyl (C=O) groups excluding carboxylic acids is 2. The number of carbonyl (C=O) groups is 2. The van der Waals surface area contributed by atoms with Crippen LogP contribution in [0.1, 0.15) is 45.4 Å². The Balaban J connectivity index is 1.26. The Bertz CT molecular complexity index is 682. The average Bonchev–Trinajstić information content (AvgIpc) is 2.59. The van der Waals surface area contributed by atoms with Gasteiger partial charge in [0, 0.05) is 5.54 Å². The van der Waals surface area contributed by atoms with E-state index in [1.54, 1.807) is 6.92 Å². The molecule has 0 aromatic heterocycles. The second-order valence-electron chi connectivity index (χ2n) is 8.56. The first kappa shape index (κ1) is 18.3. The zero-order chi connectivity index (χ0) is 19.0. The molecule has 0 saturated heterocycles. The summed E-state index contributed by atoms with van der Waals surface area (Å²) in [5.74, 6) is 1.36. The molecule has 1 aromatic rings. The molecular formula is C21H26FNO4. The third-order valence-electron chi connectivity index (χ3n) is 6.27. The van der Waals surface area contributed by atoms with Gasteiger partial charge in [-0.25, -0.2) is 9.18 Å². The van der Waals surface area contributed by atoms with Gasteiger partial charge in [-0.3, -0.25) is 4.79 Å². The van der Waals surface area contributed by atoms with Crippen molar-refractivity contribution in [1.29, 1.82) is 0 Å². The fourth-order valence-electron chi connectivity index (χ4n) is 5.58. The van der Waals surface area contributed by atoms with E-state index in [1.807, 2.05) is 0 Å². The molecule has 4 aliphatic carbocycles. The highest BCUT2D eigenvalue weighted by Crippen LogP contribution is 2.55. The first-order valence-electron chi connectivity index (χ1n) is 9.81. The van der Waals surface area contributed by atoms with Crippen LogP contribution in [0.3, 0.4) is 0 Å². The van der Waals surface area contributed by atoms with Crippen molar-refractivity contribution in [2.24, 2.45) is 17.8 Å². The predicted octanol–water partition coefficient (Wildman–Crippen LogP) is 3.22. The van der Waals surface area contributed by atoms with Gasteiger partial charge in [-0.15, -0.1) is 0 Å². The lowest BCUT2D eigenvalue weighted by molar-refractivity contribution is -0.158. The minimum atomic E-state index is -0.859. The number of halogens is 1. The molecule has 4 bridgehead atoms. The largest absolute Gasteiger partial charge is 0.482 e. The van der Waals surface area contributed by atoms with Crippen molar-refractivity contribution in [2.45, 2.75) is 57.1 Å². The number of esters is 1. The molecule has 4 saturated carbocycles. The molecule has 0 heterocycles. The zero-order valence-electron chi connectivity index (χ0n) is 15.6. The highest BCUT2D eigenvalue weighted by atomic mass is 19.1. The molecule has 146 valence electrons. The predicted molar refractivity (Wildman–Crippen MR) is 96.5 cm³/mol. The Morgan fingerprint density at radius 3 is 2.22 bits per heavy atom. The molecule has 5 nitrogen and oxygen atoms in total. The number of rotatable bonds is 6. The summed E-state index contributed by atoms with van der Waals surface area (Å²) in [6.45, 7) is 1.27. The van der Waals surface area contributed by atoms with Crippen LogP contribution in [0.2, 0.25) is 0 Å². The van der Waals surface area contributed by atoms with Gasteiger partial charge < -0.3 is 14.8 Å². The second-order valence-corrected chi connectivity index (χ2v) is 8.56. The number of amides is 1. The number of hydrogen-bond donors (Lipinski definition) is 1. The van der Waals surface area contributed by atoms with Gasteiger partial charge in [0.2, 0.25) is 0 Å². The molecule has 1 amide bonds. The van der Waals surface area contributed by atoms with Gasteiger partial charge >= 0.3 is 5.97 Å². The van der Waals surface area contributed by atoms with Crippen LogP contribution in [-0.4, -0.2) is 30.1 Å². The van der Waals surface area contributed by atoms with Gasteiger partial charge in [0.1, 0.15) is 11.6 Å². The maximum absolute atomic E-state index is 12.9. The number of ether oxygens (including phenoxy) is 2. The van der Waals surface area contributed by atoms with Crippen LogP contribution in [0.4, 0.5) is 4.39 Å². The molecule has 1 aromatic carbocycles. The summed E-state index contributed by atoms with van der Waals surface area (Å²) < 4.78 is 23.3. The van der Waals surface area contributed by atoms with Crippen molar-refractivity contribution in [1.82, 2.24) is 5.32 Å². The van der Waals surface area contributed by atoms with Crippen molar-refractivity contribution in [3.05, 3.63) is 30.1 Å². The molecular weight excluding hydrogens is 349 g/mol. The molecule has 0 radical (unpaired) electrons. The third-order valence-corrected chi connectivity index (χ3v) is 6.27. The fourth-order valence-corrected chi connectivity index (χ4v) is 5.58. The molecule has 6 heteroatoms. The van der Waals surface area contributed by atoms with Gasteiger partial charge in [-0.05, 0) is 87.5 Å². The van der Waals surface area contributed by atoms with Crippen LogP contribution in [-0.2, 0) is 14.3 Å². The normalized spacial score (nSPS) is 32.0. The van der Waals surface area contributed by atoms with Crippen molar-refractivity contribution in [3.8, 4) is 5.75 Å². The van der Waals surface area contributed by atoms with Crippen molar-refractivity contribution in [3.63, 3.8) is 0 Å². The smallest absolute Gasteiger partial charge is 0.344 e. The minimum Gasteiger partial charge on any atom is -0.482 e. The summed E-state index contributed by atoms with van der Waals surface area (Å²) in [6, 6.07) is 5.38. The Morgan fingerprint density at radius 1 is 1.11 bits per heavy atom. The second kappa shape index (κ2) is 7.13. The summed E-state index contributed by atoms with van der Waals surface area (Å²) >= 11 is 0. The quantitative estimate of drug-likeness (QED) is 0.776. The van der Waals surface area contributed by atoms with Crippen LogP contribution in [0.5, 0.6) is 5.75 Å². The van der Waals surface area contributed by atoms with Gasteiger partial charge in [0.25, 0.3) is 5.91 Å². The van der Waals surface area contributed by atoms with Crippen LogP contribution >= 0.6 is 0 Å². The van der Waals surface area contributed by atoms with Crippen LogP contribution in [0, 0.1) is 23.6 Å². The summed E-state index contributed by atoms with van der Waals surface area (Å²) in [6.07, 6.45) is 6.22. The van der Waals surface area contributed by atoms with E-state index in [1.165, 1.54) is 43.5 Å². The molecule has 5 rings (SSSR count). The first-order chi connectivity index (χ1) is 12.9. The van der Waals surface area contributed by atoms with E-state index >= 15 is 0 Å². The van der Waals surface area contributed by atoms with Crippen molar-refractivity contribution < 1.29 is 23.5 Å². The standard InChI is InChI=1S/C21H26FNO4/c1-13(27-19(24)12-26-18-4-2-17(22)3-5-18)20(25)23-21-9-14-6-15(10-21)8-16(7-14)11-21/h2-5,13-16H,6-12H2,1H3,(H,23,25)/t13-,14?,15?,16?,21?/m0/s1. The van der Waals surface area contributed by atoms with Gasteiger partial charge in [-0.1, -0.05) is 0 Å². The average molecular weight is 375 g/mol. The van der Waals surface area contributed by atoms with Crippen LogP contribution < -0.4 is 10.1 Å². The molecule has 4 aliphatic rings. The molecule has 4 fully saturated rings. The Hall–Kier alpha value is -2.11. The molecule has 0 spiro atoms. The van der Waals surface area contributed by atoms with Crippen LogP contribution in [0.25, 0.3) is 0 Å². The number of hydrogen-bond acceptors (Lipinski definition) is 4. The van der Waals surface area contributed by atoms with E-state index in [-0.39, 0.29) is 23.9 Å². The van der Waals surface area contributed by atoms with Gasteiger partial charge in [0.05, 0.1) is 0 Å². The van der Waals surface area contributed by atoms with Crippen LogP contribution in [0.15, 0.2) is 24.3 Å². The monoisotopic (exact) mass is 375 g/mol. The lowest BCUT2D eigenvalue weighted by atomic mass is 9.53. The fraction of sp³-hybridized carbons (Fsp3) is 0.619. The van der Waals surface area contributed by atoms with E-state index in [9.17, 15) is 14.0 Å². The maximum atomic E-state index is 12.9. The SMILES string of the molecule is C[C@H](OC(=O)COc1ccc(F)cc1)C(=O)NC12CC3CC(CC(C3)C1)C2. The number of nitrogens with one attached hydrogen (secondary N) is 1. The Labute approximate surface area is 158 Å². The molecule has 1 N–H and O–H groups in total. The molecule has 0 unspecified atom stereocenters. The summed E-state index contributed by atoms with van der Waals surface area (Å²) in [4.78, 5) is 24.6. The van der Waals surface area contributed by atoms with Crippen molar-refractivity contribution in [2.75, 3.05) is 6.61 Å². The van der Waals surface area contributed by atoms with E-state index < -0.39 is 12.1 Å². The molecule has 1 atom stereocenters. The zero-order valence-corrected chi connectivity index (χ0v) is 15.6. The van der Waals surface area contributed by atoms with E-state index in [4.69, 9.17) is 9.47 Å². The summed E-state index contributed by atoms with van der Waals surface area (Å²) in [5, 5.41) is 3.21. The minimum absolute atomic E-state index is 0.100. The lowest BCUT2D eigenvalue weighted by Gasteiger charge is -2.57. The number of benzene rings is 1. The topological polar surface area (TPSA) is 64.6 Å². The Kier molecular flexibility index (Phi) is 4.82.